The molecule has 0 bridgehead atoms. The zero-order valence-electron chi connectivity index (χ0n) is 18.9. The van der Waals surface area contributed by atoms with Crippen LogP contribution in [0.4, 0.5) is 0 Å². The quantitative estimate of drug-likeness (QED) is 0.619. The molecule has 1 spiro atoms. The molecule has 0 aromatic heterocycles. The molecule has 30 heavy (non-hydrogen) atoms. The molecule has 4 aliphatic carbocycles. The molecule has 7 atom stereocenters. The van der Waals surface area contributed by atoms with Crippen molar-refractivity contribution in [3.63, 3.8) is 0 Å². The number of rotatable bonds is 1. The molecule has 0 aromatic rings. The number of carbonyl (C=O) groups is 1. The number of ketones is 1. The topological polar surface area (TPSA) is 54.0 Å². The summed E-state index contributed by atoms with van der Waals surface area (Å²) < 4.78 is 24.1. The van der Waals surface area contributed by atoms with E-state index >= 15 is 0 Å². The second kappa shape index (κ2) is 6.76. The Morgan fingerprint density at radius 3 is 2.37 bits per heavy atom. The van der Waals surface area contributed by atoms with Gasteiger partial charge in [0, 0.05) is 18.3 Å². The number of hydrogen-bond donors (Lipinski definition) is 0. The summed E-state index contributed by atoms with van der Waals surface area (Å²) >= 11 is 0. The predicted molar refractivity (Wildman–Crippen MR) is 110 cm³/mol. The smallest absolute Gasteiger partial charge is 0.174 e. The molecule has 0 aromatic carbocycles. The van der Waals surface area contributed by atoms with Gasteiger partial charge < -0.3 is 18.9 Å². The van der Waals surface area contributed by atoms with E-state index < -0.39 is 0 Å². The number of hydrogen-bond acceptors (Lipinski definition) is 5. The molecule has 0 amide bonds. The van der Waals surface area contributed by atoms with Crippen LogP contribution in [0.25, 0.3) is 0 Å². The average Bonchev–Trinajstić information content (AvgIpc) is 3.26. The van der Waals surface area contributed by atoms with E-state index in [0.29, 0.717) is 24.0 Å². The minimum atomic E-state index is -0.319. The van der Waals surface area contributed by atoms with Gasteiger partial charge in [-0.05, 0) is 81.0 Å². The zero-order valence-corrected chi connectivity index (χ0v) is 18.9. The largest absolute Gasteiger partial charge is 0.347 e. The molecule has 2 aliphatic heterocycles. The fourth-order valence-electron chi connectivity index (χ4n) is 9.05. The Morgan fingerprint density at radius 1 is 0.900 bits per heavy atom. The highest BCUT2D eigenvalue weighted by atomic mass is 16.9. The van der Waals surface area contributed by atoms with Gasteiger partial charge in [0.15, 0.2) is 18.4 Å². The van der Waals surface area contributed by atoms with Crippen LogP contribution in [-0.4, -0.2) is 37.4 Å². The minimum absolute atomic E-state index is 0.0616. The van der Waals surface area contributed by atoms with E-state index in [9.17, 15) is 4.79 Å². The van der Waals surface area contributed by atoms with Crippen molar-refractivity contribution in [2.45, 2.75) is 96.9 Å². The molecule has 6 fully saturated rings. The highest BCUT2D eigenvalue weighted by molar-refractivity contribution is 5.81. The van der Waals surface area contributed by atoms with Crippen LogP contribution in [0.2, 0.25) is 0 Å². The van der Waals surface area contributed by atoms with Gasteiger partial charge in [-0.3, -0.25) is 4.79 Å². The summed E-state index contributed by atoms with van der Waals surface area (Å²) in [6.45, 7) is 8.40. The Morgan fingerprint density at radius 2 is 1.63 bits per heavy atom. The van der Waals surface area contributed by atoms with E-state index in [1.54, 1.807) is 0 Å². The van der Waals surface area contributed by atoms with Gasteiger partial charge in [0.05, 0.1) is 19.1 Å². The standard InChI is InChI=1S/C25H38O5/c1-15-29-22(30-15)18-14-16-4-5-17-19(23(16,2)9-8-21(18)26)6-10-24(3)20(17)7-11-25(24)27-12-13-28-25/h15-20,22H,4-14H2,1-3H3/t15?,16-,17+,18?,19-,20-,22?,23-,24-/m0/s1. The molecule has 6 aliphatic rings. The average molecular weight is 419 g/mol. The van der Waals surface area contributed by atoms with Gasteiger partial charge in [-0.2, -0.15) is 0 Å². The maximum absolute atomic E-state index is 13.0. The van der Waals surface area contributed by atoms with Gasteiger partial charge in [0.2, 0.25) is 0 Å². The summed E-state index contributed by atoms with van der Waals surface area (Å²) in [6.07, 6.45) is 9.52. The predicted octanol–water partition coefficient (Wildman–Crippen LogP) is 4.68. The second-order valence-corrected chi connectivity index (χ2v) is 11.6. The highest BCUT2D eigenvalue weighted by Crippen LogP contribution is 2.69. The lowest BCUT2D eigenvalue weighted by Crippen LogP contribution is -2.56. The summed E-state index contributed by atoms with van der Waals surface area (Å²) in [4.78, 5) is 13.0. The molecule has 0 N–H and O–H groups in total. The lowest BCUT2D eigenvalue weighted by Gasteiger charge is -2.59. The van der Waals surface area contributed by atoms with Gasteiger partial charge in [-0.15, -0.1) is 0 Å². The third-order valence-electron chi connectivity index (χ3n) is 10.7. The van der Waals surface area contributed by atoms with Crippen molar-refractivity contribution in [3.8, 4) is 0 Å². The molecular weight excluding hydrogens is 380 g/mol. The first-order chi connectivity index (χ1) is 14.4. The second-order valence-electron chi connectivity index (χ2n) is 11.6. The van der Waals surface area contributed by atoms with Crippen LogP contribution in [0.15, 0.2) is 0 Å². The van der Waals surface area contributed by atoms with E-state index in [1.165, 1.54) is 32.1 Å². The van der Waals surface area contributed by atoms with Crippen molar-refractivity contribution < 1.29 is 23.7 Å². The molecule has 168 valence electrons. The van der Waals surface area contributed by atoms with Gasteiger partial charge in [-0.1, -0.05) is 13.8 Å². The van der Waals surface area contributed by atoms with Crippen molar-refractivity contribution in [1.29, 1.82) is 0 Å². The molecule has 4 saturated carbocycles. The van der Waals surface area contributed by atoms with Crippen molar-refractivity contribution in [1.82, 2.24) is 0 Å². The molecule has 1 unspecified atom stereocenters. The Kier molecular flexibility index (Phi) is 4.54. The van der Waals surface area contributed by atoms with E-state index in [2.05, 4.69) is 13.8 Å². The van der Waals surface area contributed by atoms with E-state index in [0.717, 1.165) is 44.3 Å². The third-order valence-corrected chi connectivity index (χ3v) is 10.7. The number of ether oxygens (including phenoxy) is 4. The maximum atomic E-state index is 13.0. The normalized spacial score (nSPS) is 54.8. The molecule has 6 rings (SSSR count). The summed E-state index contributed by atoms with van der Waals surface area (Å²) in [5, 5.41) is 0. The monoisotopic (exact) mass is 418 g/mol. The van der Waals surface area contributed by atoms with Crippen LogP contribution >= 0.6 is 0 Å². The van der Waals surface area contributed by atoms with Crippen LogP contribution < -0.4 is 0 Å². The van der Waals surface area contributed by atoms with Gasteiger partial charge in [0.25, 0.3) is 0 Å². The molecule has 0 radical (unpaired) electrons. The van der Waals surface area contributed by atoms with Gasteiger partial charge in [0.1, 0.15) is 5.78 Å². The minimum Gasteiger partial charge on any atom is -0.347 e. The fourth-order valence-corrected chi connectivity index (χ4v) is 9.05. The van der Waals surface area contributed by atoms with Crippen LogP contribution in [0.3, 0.4) is 0 Å². The molecule has 2 saturated heterocycles. The molecule has 5 heteroatoms. The highest BCUT2D eigenvalue weighted by Gasteiger charge is 2.67. The van der Waals surface area contributed by atoms with Crippen molar-refractivity contribution >= 4 is 5.78 Å². The Hall–Kier alpha value is -0.490. The lowest BCUT2D eigenvalue weighted by atomic mass is 9.46. The van der Waals surface area contributed by atoms with Gasteiger partial charge in [-0.25, -0.2) is 0 Å². The summed E-state index contributed by atoms with van der Waals surface area (Å²) in [7, 11) is 0. The van der Waals surface area contributed by atoms with Crippen LogP contribution in [0.1, 0.15) is 78.6 Å². The first-order valence-electron chi connectivity index (χ1n) is 12.5. The molecule has 5 nitrogen and oxygen atoms in total. The maximum Gasteiger partial charge on any atom is 0.174 e. The van der Waals surface area contributed by atoms with Crippen LogP contribution in [0.5, 0.6) is 0 Å². The van der Waals surface area contributed by atoms with E-state index in [1.807, 2.05) is 6.92 Å². The first-order valence-corrected chi connectivity index (χ1v) is 12.5. The number of carbonyl (C=O) groups excluding carboxylic acids is 1. The summed E-state index contributed by atoms with van der Waals surface area (Å²) in [5.41, 5.74) is 0.415. The number of fused-ring (bicyclic) bond motifs is 6. The fraction of sp³-hybridized carbons (Fsp3) is 0.960. The van der Waals surface area contributed by atoms with E-state index in [-0.39, 0.29) is 35.1 Å². The molecule has 2 heterocycles. The van der Waals surface area contributed by atoms with Crippen molar-refractivity contribution in [2.24, 2.45) is 40.4 Å². The van der Waals surface area contributed by atoms with Crippen LogP contribution in [0, 0.1) is 40.4 Å². The lowest BCUT2D eigenvalue weighted by molar-refractivity contribution is -0.388. The first kappa shape index (κ1) is 20.1. The van der Waals surface area contributed by atoms with Crippen molar-refractivity contribution in [3.05, 3.63) is 0 Å². The third kappa shape index (κ3) is 2.58. The Bertz CT molecular complexity index is 710. The van der Waals surface area contributed by atoms with Gasteiger partial charge >= 0.3 is 0 Å². The number of Topliss-reactive ketones (excluding diaryl/α,β-unsaturated/α-hetero) is 1. The zero-order chi connectivity index (χ0) is 20.7. The molecular formula is C25H38O5. The summed E-state index contributed by atoms with van der Waals surface area (Å²) in [6, 6.07) is 0. The summed E-state index contributed by atoms with van der Waals surface area (Å²) in [5.74, 6) is 2.76. The van der Waals surface area contributed by atoms with E-state index in [4.69, 9.17) is 18.9 Å². The Balaban J connectivity index is 1.26. The van der Waals surface area contributed by atoms with Crippen molar-refractivity contribution in [2.75, 3.05) is 13.2 Å². The SMILES string of the molecule is CC1OC(C2C[C@@H]3CC[C@@H]4[C@H](CC[C@@]5(C)[C@H]4CCC54OCCO4)[C@@]3(C)CCC2=O)O1. The Labute approximate surface area is 180 Å². The van der Waals surface area contributed by atoms with Crippen LogP contribution in [-0.2, 0) is 23.7 Å².